The zero-order chi connectivity index (χ0) is 28.6. The number of hydrogen-bond acceptors (Lipinski definition) is 6. The van der Waals surface area contributed by atoms with Crippen LogP contribution in [0.25, 0.3) is 17.3 Å². The van der Waals surface area contributed by atoms with E-state index < -0.39 is 11.9 Å². The standard InChI is InChI=1S/C30H32Cl2N2O5S/c1-18(29(36)37)13-23-24(31)14-21(15-25(23)32)28(35)34-30-33-26(17-40-30)22-11-5-9-20(27(22)38-2)10-6-12-39-16-19-7-3-4-8-19/h5,9,11,13-15,17,19H,3-4,6-8,10,12,16H2,1-2H3,(H,36,37)(H,33,34,35)/b18-13+. The third kappa shape index (κ3) is 7.63. The number of rotatable bonds is 12. The molecule has 0 spiro atoms. The fourth-order valence-corrected chi connectivity index (χ4v) is 6.07. The number of carboxylic acid groups (broad SMARTS) is 1. The maximum absolute atomic E-state index is 12.9. The molecule has 1 aliphatic rings. The van der Waals surface area contributed by atoms with Gasteiger partial charge in [-0.05, 0) is 68.4 Å². The van der Waals surface area contributed by atoms with Crippen LogP contribution in [0.2, 0.25) is 10.0 Å². The molecule has 0 atom stereocenters. The van der Waals surface area contributed by atoms with E-state index in [0.717, 1.165) is 48.8 Å². The second-order valence-electron chi connectivity index (χ2n) is 9.80. The highest BCUT2D eigenvalue weighted by atomic mass is 35.5. The lowest BCUT2D eigenvalue weighted by atomic mass is 10.0. The van der Waals surface area contributed by atoms with E-state index in [0.29, 0.717) is 16.4 Å². The molecular weight excluding hydrogens is 571 g/mol. The average Bonchev–Trinajstić information content (AvgIpc) is 3.62. The van der Waals surface area contributed by atoms with Gasteiger partial charge in [-0.15, -0.1) is 11.3 Å². The van der Waals surface area contributed by atoms with Crippen LogP contribution in [0, 0.1) is 5.92 Å². The van der Waals surface area contributed by atoms with Gasteiger partial charge in [0.25, 0.3) is 5.91 Å². The third-order valence-electron chi connectivity index (χ3n) is 6.90. The molecule has 3 aromatic rings. The SMILES string of the molecule is COc1c(CCCOCC2CCCC2)cccc1-c1csc(NC(=O)c2cc(Cl)c(/C=C(\C)C(=O)O)c(Cl)c2)n1. The largest absolute Gasteiger partial charge is 0.496 e. The maximum Gasteiger partial charge on any atom is 0.331 e. The lowest BCUT2D eigenvalue weighted by Crippen LogP contribution is -2.12. The van der Waals surface area contributed by atoms with Crippen LogP contribution in [0.3, 0.4) is 0 Å². The van der Waals surface area contributed by atoms with Gasteiger partial charge in [0.2, 0.25) is 0 Å². The zero-order valence-corrected chi connectivity index (χ0v) is 24.8. The molecule has 0 aliphatic heterocycles. The minimum Gasteiger partial charge on any atom is -0.496 e. The van der Waals surface area contributed by atoms with Gasteiger partial charge in [-0.3, -0.25) is 10.1 Å². The first kappa shape index (κ1) is 30.1. The van der Waals surface area contributed by atoms with Crippen molar-refractivity contribution in [3.8, 4) is 17.0 Å². The first-order chi connectivity index (χ1) is 19.3. The molecule has 0 radical (unpaired) electrons. The van der Waals surface area contributed by atoms with Crippen LogP contribution < -0.4 is 10.1 Å². The van der Waals surface area contributed by atoms with Gasteiger partial charge in [0.15, 0.2) is 5.13 Å². The number of nitrogens with zero attached hydrogens (tertiary/aromatic N) is 1. The quantitative estimate of drug-likeness (QED) is 0.161. The Balaban J connectivity index is 1.41. The van der Waals surface area contributed by atoms with Crippen molar-refractivity contribution in [1.82, 2.24) is 4.98 Å². The summed E-state index contributed by atoms with van der Waals surface area (Å²) in [4.78, 5) is 28.7. The number of nitrogens with one attached hydrogen (secondary N) is 1. The first-order valence-electron chi connectivity index (χ1n) is 13.2. The number of halogens is 2. The molecule has 2 N–H and O–H groups in total. The predicted molar refractivity (Wildman–Crippen MR) is 161 cm³/mol. The number of amides is 1. The van der Waals surface area contributed by atoms with E-state index >= 15 is 0 Å². The first-order valence-corrected chi connectivity index (χ1v) is 14.8. The molecule has 0 bridgehead atoms. The summed E-state index contributed by atoms with van der Waals surface area (Å²) in [5.41, 5.74) is 3.26. The Hall–Kier alpha value is -2.91. The number of para-hydroxylation sites is 1. The van der Waals surface area contributed by atoms with Gasteiger partial charge in [-0.1, -0.05) is 48.2 Å². The number of ether oxygens (including phenoxy) is 2. The van der Waals surface area contributed by atoms with Gasteiger partial charge < -0.3 is 14.6 Å². The van der Waals surface area contributed by atoms with Crippen molar-refractivity contribution < 1.29 is 24.2 Å². The summed E-state index contributed by atoms with van der Waals surface area (Å²) in [5.74, 6) is -0.0381. The Morgan fingerprint density at radius 3 is 2.60 bits per heavy atom. The Morgan fingerprint density at radius 1 is 1.20 bits per heavy atom. The normalized spacial score (nSPS) is 13.9. The van der Waals surface area contributed by atoms with Gasteiger partial charge in [0.1, 0.15) is 5.75 Å². The lowest BCUT2D eigenvalue weighted by Gasteiger charge is -2.13. The number of carbonyl (C=O) groups excluding carboxylic acids is 1. The summed E-state index contributed by atoms with van der Waals surface area (Å²) in [5, 5.41) is 14.5. The molecule has 1 amide bonds. The molecule has 4 rings (SSSR count). The fourth-order valence-electron chi connectivity index (χ4n) is 4.77. The highest BCUT2D eigenvalue weighted by Gasteiger charge is 2.18. The summed E-state index contributed by atoms with van der Waals surface area (Å²) in [6.45, 7) is 3.02. The Kier molecular flexibility index (Phi) is 10.6. The maximum atomic E-state index is 12.9. The molecular formula is C30H32Cl2N2O5S. The Bertz CT molecular complexity index is 1380. The molecule has 1 saturated carbocycles. The van der Waals surface area contributed by atoms with Crippen molar-refractivity contribution in [2.24, 2.45) is 5.92 Å². The van der Waals surface area contributed by atoms with E-state index in [1.807, 2.05) is 17.5 Å². The van der Waals surface area contributed by atoms with E-state index in [1.54, 1.807) is 7.11 Å². The number of thiazole rings is 1. The molecule has 40 heavy (non-hydrogen) atoms. The molecule has 1 aromatic heterocycles. The van der Waals surface area contributed by atoms with Crippen LogP contribution in [0.15, 0.2) is 41.3 Å². The van der Waals surface area contributed by atoms with Gasteiger partial charge in [0.05, 0.1) is 22.8 Å². The number of aliphatic carboxylic acids is 1. The molecule has 1 heterocycles. The van der Waals surface area contributed by atoms with Gasteiger partial charge in [0, 0.05) is 40.9 Å². The van der Waals surface area contributed by atoms with Crippen molar-refractivity contribution in [3.05, 3.63) is 68.0 Å². The van der Waals surface area contributed by atoms with E-state index in [4.69, 9.17) is 37.8 Å². The van der Waals surface area contributed by atoms with E-state index in [-0.39, 0.29) is 21.2 Å². The van der Waals surface area contributed by atoms with E-state index in [2.05, 4.69) is 16.4 Å². The van der Waals surface area contributed by atoms with Gasteiger partial charge in [-0.25, -0.2) is 9.78 Å². The summed E-state index contributed by atoms with van der Waals surface area (Å²) < 4.78 is 11.7. The summed E-state index contributed by atoms with van der Waals surface area (Å²) >= 11 is 13.9. The van der Waals surface area contributed by atoms with Crippen LogP contribution in [-0.2, 0) is 16.0 Å². The number of aromatic nitrogens is 1. The van der Waals surface area contributed by atoms with Crippen LogP contribution >= 0.6 is 34.5 Å². The van der Waals surface area contributed by atoms with Crippen molar-refractivity contribution in [3.63, 3.8) is 0 Å². The van der Waals surface area contributed by atoms with Crippen LogP contribution in [0.4, 0.5) is 5.13 Å². The Labute approximate surface area is 248 Å². The molecule has 10 heteroatoms. The molecule has 1 fully saturated rings. The number of hydrogen-bond donors (Lipinski definition) is 2. The van der Waals surface area contributed by atoms with E-state index in [1.165, 1.54) is 62.2 Å². The van der Waals surface area contributed by atoms with Crippen LogP contribution in [0.1, 0.15) is 60.5 Å². The Morgan fingerprint density at radius 2 is 1.93 bits per heavy atom. The zero-order valence-electron chi connectivity index (χ0n) is 22.5. The van der Waals surface area contributed by atoms with Crippen LogP contribution in [0.5, 0.6) is 5.75 Å². The molecule has 2 aromatic carbocycles. The lowest BCUT2D eigenvalue weighted by molar-refractivity contribution is -0.132. The van der Waals surface area contributed by atoms with E-state index in [9.17, 15) is 9.59 Å². The molecule has 0 saturated heterocycles. The summed E-state index contributed by atoms with van der Waals surface area (Å²) in [6.07, 6.45) is 8.31. The highest BCUT2D eigenvalue weighted by molar-refractivity contribution is 7.14. The third-order valence-corrected chi connectivity index (χ3v) is 8.29. The van der Waals surface area contributed by atoms with Crippen molar-refractivity contribution in [2.75, 3.05) is 25.6 Å². The number of carbonyl (C=O) groups is 2. The minimum atomic E-state index is -1.08. The van der Waals surface area contributed by atoms with Gasteiger partial charge >= 0.3 is 5.97 Å². The monoisotopic (exact) mass is 602 g/mol. The fraction of sp³-hybridized carbons (Fsp3) is 0.367. The van der Waals surface area contributed by atoms with Gasteiger partial charge in [-0.2, -0.15) is 0 Å². The van der Waals surface area contributed by atoms with Crippen molar-refractivity contribution >= 4 is 57.6 Å². The van der Waals surface area contributed by atoms with Crippen molar-refractivity contribution in [1.29, 1.82) is 0 Å². The topological polar surface area (TPSA) is 97.8 Å². The number of carboxylic acids is 1. The predicted octanol–water partition coefficient (Wildman–Crippen LogP) is 8.01. The smallest absolute Gasteiger partial charge is 0.331 e. The summed E-state index contributed by atoms with van der Waals surface area (Å²) in [7, 11) is 1.65. The van der Waals surface area contributed by atoms with Crippen LogP contribution in [-0.4, -0.2) is 42.3 Å². The second-order valence-corrected chi connectivity index (χ2v) is 11.5. The second kappa shape index (κ2) is 14.1. The molecule has 212 valence electrons. The molecule has 7 nitrogen and oxygen atoms in total. The minimum absolute atomic E-state index is 0.0727. The molecule has 1 aliphatic carbocycles. The number of methoxy groups -OCH3 is 1. The number of aryl methyl sites for hydroxylation is 1. The number of benzene rings is 2. The molecule has 0 unspecified atom stereocenters. The average molecular weight is 604 g/mol. The number of anilines is 1. The summed E-state index contributed by atoms with van der Waals surface area (Å²) in [6, 6.07) is 8.88. The van der Waals surface area contributed by atoms with Crippen molar-refractivity contribution in [2.45, 2.75) is 45.4 Å². The highest BCUT2D eigenvalue weighted by Crippen LogP contribution is 2.36.